The summed E-state index contributed by atoms with van der Waals surface area (Å²) in [5.74, 6) is -0.950. The summed E-state index contributed by atoms with van der Waals surface area (Å²) in [6.45, 7) is 6.63. The largest absolute Gasteiger partial charge is 0.451 e. The van der Waals surface area contributed by atoms with Crippen molar-refractivity contribution >= 4 is 18.0 Å². The molecule has 1 amide bonds. The van der Waals surface area contributed by atoms with Gasteiger partial charge in [0.1, 0.15) is 11.6 Å². The quantitative estimate of drug-likeness (QED) is 0.394. The number of likely N-dealkylation sites (tertiary alicyclic amines) is 1. The van der Waals surface area contributed by atoms with Crippen LogP contribution in [0.5, 0.6) is 0 Å². The van der Waals surface area contributed by atoms with Crippen LogP contribution in [0.2, 0.25) is 0 Å². The third-order valence-corrected chi connectivity index (χ3v) is 6.20. The number of esters is 1. The van der Waals surface area contributed by atoms with Gasteiger partial charge in [0.2, 0.25) is 0 Å². The third kappa shape index (κ3) is 6.20. The first-order chi connectivity index (χ1) is 15.0. The van der Waals surface area contributed by atoms with E-state index in [2.05, 4.69) is 4.57 Å². The molecule has 0 radical (unpaired) electrons. The third-order valence-electron chi connectivity index (χ3n) is 6.20. The van der Waals surface area contributed by atoms with Crippen LogP contribution >= 0.6 is 0 Å². The maximum Gasteiger partial charge on any atom is 0.349 e. The number of carbonyl (C=O) groups excluding carboxylic acids is 2. The van der Waals surface area contributed by atoms with Crippen molar-refractivity contribution in [3.05, 3.63) is 28.6 Å². The van der Waals surface area contributed by atoms with Crippen molar-refractivity contribution in [3.8, 4) is 6.07 Å². The fourth-order valence-electron chi connectivity index (χ4n) is 4.33. The Morgan fingerprint density at radius 1 is 1.19 bits per heavy atom. The van der Waals surface area contributed by atoms with Gasteiger partial charge >= 0.3 is 5.97 Å². The smallest absolute Gasteiger partial charge is 0.349 e. The van der Waals surface area contributed by atoms with Crippen LogP contribution in [0.4, 0.5) is 0 Å². The van der Waals surface area contributed by atoms with E-state index >= 15 is 0 Å². The van der Waals surface area contributed by atoms with E-state index in [0.717, 1.165) is 68.6 Å². The second-order valence-corrected chi connectivity index (χ2v) is 8.47. The SMILES string of the molecule is Cc1cc(/C=C(\C#N)C(=O)OCC(=O)N2CCCCCCC2)c(C)n1C[C@@H]1CCCO1. The molecule has 0 bridgehead atoms. The molecule has 0 unspecified atom stereocenters. The Morgan fingerprint density at radius 2 is 1.90 bits per heavy atom. The molecule has 31 heavy (non-hydrogen) atoms. The van der Waals surface area contributed by atoms with Gasteiger partial charge in [0.05, 0.1) is 6.10 Å². The molecule has 0 N–H and O–H groups in total. The van der Waals surface area contributed by atoms with Gasteiger partial charge in [-0.2, -0.15) is 5.26 Å². The molecular formula is C24H33N3O4. The van der Waals surface area contributed by atoms with Crippen LogP contribution in [0.1, 0.15) is 61.9 Å². The minimum absolute atomic E-state index is 0.0992. The van der Waals surface area contributed by atoms with Gasteiger partial charge in [0.15, 0.2) is 6.61 Å². The van der Waals surface area contributed by atoms with E-state index < -0.39 is 5.97 Å². The average molecular weight is 428 g/mol. The van der Waals surface area contributed by atoms with E-state index in [1.165, 1.54) is 6.42 Å². The van der Waals surface area contributed by atoms with Crippen molar-refractivity contribution in [2.75, 3.05) is 26.3 Å². The van der Waals surface area contributed by atoms with Gasteiger partial charge in [-0.3, -0.25) is 4.79 Å². The van der Waals surface area contributed by atoms with Gasteiger partial charge in [-0.1, -0.05) is 19.3 Å². The molecule has 168 valence electrons. The fraction of sp³-hybridized carbons (Fsp3) is 0.625. The number of aryl methyl sites for hydroxylation is 1. The summed E-state index contributed by atoms with van der Waals surface area (Å²) in [5.41, 5.74) is 2.74. The second-order valence-electron chi connectivity index (χ2n) is 8.47. The molecule has 7 heteroatoms. The number of rotatable bonds is 6. The zero-order valence-electron chi connectivity index (χ0n) is 18.7. The summed E-state index contributed by atoms with van der Waals surface area (Å²) in [6, 6.07) is 3.89. The zero-order chi connectivity index (χ0) is 22.2. The lowest BCUT2D eigenvalue weighted by atomic mass is 10.1. The summed E-state index contributed by atoms with van der Waals surface area (Å²) < 4.78 is 13.1. The van der Waals surface area contributed by atoms with E-state index in [0.29, 0.717) is 13.1 Å². The summed E-state index contributed by atoms with van der Waals surface area (Å²) in [4.78, 5) is 26.7. The van der Waals surface area contributed by atoms with Crippen LogP contribution in [0.25, 0.3) is 6.08 Å². The molecule has 2 aliphatic rings. The first-order valence-corrected chi connectivity index (χ1v) is 11.3. The number of ether oxygens (including phenoxy) is 2. The first-order valence-electron chi connectivity index (χ1n) is 11.3. The second kappa shape index (κ2) is 11.1. The standard InChI is InChI=1S/C24H33N3O4/c1-18-13-20(19(2)27(18)16-22-9-8-12-30-22)14-21(15-25)24(29)31-17-23(28)26-10-6-4-3-5-7-11-26/h13-14,22H,3-12,16-17H2,1-2H3/b21-14+/t22-/m0/s1. The lowest BCUT2D eigenvalue weighted by molar-refractivity contribution is -0.148. The highest BCUT2D eigenvalue weighted by Gasteiger charge is 2.21. The van der Waals surface area contributed by atoms with Crippen LogP contribution in [-0.4, -0.2) is 53.8 Å². The predicted octanol–water partition coefficient (Wildman–Crippen LogP) is 3.53. The topological polar surface area (TPSA) is 84.6 Å². The Morgan fingerprint density at radius 3 is 2.55 bits per heavy atom. The van der Waals surface area contributed by atoms with E-state index in [1.54, 1.807) is 11.0 Å². The lowest BCUT2D eigenvalue weighted by Gasteiger charge is -2.24. The van der Waals surface area contributed by atoms with Gasteiger partial charge in [0.25, 0.3) is 5.91 Å². The van der Waals surface area contributed by atoms with Gasteiger partial charge < -0.3 is 18.9 Å². The van der Waals surface area contributed by atoms with E-state index in [1.807, 2.05) is 26.0 Å². The van der Waals surface area contributed by atoms with E-state index in [4.69, 9.17) is 9.47 Å². The fourth-order valence-corrected chi connectivity index (χ4v) is 4.33. The Balaban J connectivity index is 1.62. The summed E-state index contributed by atoms with van der Waals surface area (Å²) >= 11 is 0. The van der Waals surface area contributed by atoms with Crippen LogP contribution in [0, 0.1) is 25.2 Å². The minimum atomic E-state index is -0.758. The Kier molecular flexibility index (Phi) is 8.30. The number of aromatic nitrogens is 1. The number of nitriles is 1. The molecule has 3 rings (SSSR count). The first kappa shape index (κ1) is 23.1. The molecule has 1 aromatic rings. The van der Waals surface area contributed by atoms with Crippen molar-refractivity contribution in [2.45, 2.75) is 71.4 Å². The molecule has 0 saturated carbocycles. The number of hydrogen-bond acceptors (Lipinski definition) is 5. The van der Waals surface area contributed by atoms with Crippen LogP contribution in [-0.2, 0) is 25.6 Å². The molecule has 2 aliphatic heterocycles. The van der Waals surface area contributed by atoms with Crippen molar-refractivity contribution in [1.82, 2.24) is 9.47 Å². The van der Waals surface area contributed by atoms with Gasteiger partial charge in [-0.15, -0.1) is 0 Å². The Hall–Kier alpha value is -2.59. The van der Waals surface area contributed by atoms with E-state index in [9.17, 15) is 14.9 Å². The van der Waals surface area contributed by atoms with Crippen LogP contribution in [0.15, 0.2) is 11.6 Å². The maximum atomic E-state index is 12.5. The normalized spacial score (nSPS) is 20.1. The minimum Gasteiger partial charge on any atom is -0.451 e. The number of nitrogens with zero attached hydrogens (tertiary/aromatic N) is 3. The summed E-state index contributed by atoms with van der Waals surface area (Å²) in [5, 5.41) is 9.50. The van der Waals surface area contributed by atoms with Gasteiger partial charge in [0, 0.05) is 37.6 Å². The molecule has 3 heterocycles. The molecule has 1 aromatic heterocycles. The average Bonchev–Trinajstić information content (AvgIpc) is 3.33. The monoisotopic (exact) mass is 427 g/mol. The highest BCUT2D eigenvalue weighted by atomic mass is 16.5. The summed E-state index contributed by atoms with van der Waals surface area (Å²) in [7, 11) is 0. The highest BCUT2D eigenvalue weighted by Crippen LogP contribution is 2.22. The number of amides is 1. The molecule has 0 aromatic carbocycles. The summed E-state index contributed by atoms with van der Waals surface area (Å²) in [6.07, 6.45) is 9.29. The number of hydrogen-bond donors (Lipinski definition) is 0. The molecule has 7 nitrogen and oxygen atoms in total. The Labute approximate surface area is 184 Å². The molecule has 1 atom stereocenters. The van der Waals surface area contributed by atoms with Crippen molar-refractivity contribution in [1.29, 1.82) is 5.26 Å². The maximum absolute atomic E-state index is 12.5. The highest BCUT2D eigenvalue weighted by molar-refractivity contribution is 5.99. The molecule has 0 spiro atoms. The predicted molar refractivity (Wildman–Crippen MR) is 117 cm³/mol. The van der Waals surface area contributed by atoms with Gasteiger partial charge in [-0.25, -0.2) is 4.79 Å². The van der Waals surface area contributed by atoms with Crippen molar-refractivity contribution < 1.29 is 19.1 Å². The molecule has 0 aliphatic carbocycles. The lowest BCUT2D eigenvalue weighted by Crippen LogP contribution is -2.37. The van der Waals surface area contributed by atoms with Crippen molar-refractivity contribution in [3.63, 3.8) is 0 Å². The Bertz CT molecular complexity index is 851. The van der Waals surface area contributed by atoms with Crippen molar-refractivity contribution in [2.24, 2.45) is 0 Å². The van der Waals surface area contributed by atoms with E-state index in [-0.39, 0.29) is 24.2 Å². The molecule has 2 saturated heterocycles. The number of carbonyl (C=O) groups is 2. The molecule has 2 fully saturated rings. The van der Waals surface area contributed by atoms with Crippen LogP contribution in [0.3, 0.4) is 0 Å². The van der Waals surface area contributed by atoms with Gasteiger partial charge in [-0.05, 0) is 57.2 Å². The van der Waals surface area contributed by atoms with Crippen LogP contribution < -0.4 is 0 Å². The zero-order valence-corrected chi connectivity index (χ0v) is 18.7. The molecular weight excluding hydrogens is 394 g/mol.